The van der Waals surface area contributed by atoms with Crippen LogP contribution >= 0.6 is 0 Å². The molecular formula is C15H21N3O3. The highest BCUT2D eigenvalue weighted by atomic mass is 16.5. The van der Waals surface area contributed by atoms with Crippen molar-refractivity contribution in [3.05, 3.63) is 35.9 Å². The number of nitrogens with one attached hydrogen (secondary N) is 1. The first-order valence-corrected chi connectivity index (χ1v) is 6.64. The molecule has 0 aliphatic carbocycles. The second-order valence-electron chi connectivity index (χ2n) is 4.63. The predicted molar refractivity (Wildman–Crippen MR) is 79.8 cm³/mol. The normalized spacial score (nSPS) is 10.5. The van der Waals surface area contributed by atoms with Crippen LogP contribution in [0.3, 0.4) is 0 Å². The summed E-state index contributed by atoms with van der Waals surface area (Å²) in [6, 6.07) is 3.88. The minimum absolute atomic E-state index is 0.607. The van der Waals surface area contributed by atoms with Crippen molar-refractivity contribution in [1.29, 1.82) is 0 Å². The maximum absolute atomic E-state index is 5.34. The monoisotopic (exact) mass is 291 g/mol. The average molecular weight is 291 g/mol. The van der Waals surface area contributed by atoms with Crippen LogP contribution in [0.5, 0.6) is 17.2 Å². The Labute approximate surface area is 124 Å². The Morgan fingerprint density at radius 3 is 2.19 bits per heavy atom. The largest absolute Gasteiger partial charge is 0.493 e. The minimum atomic E-state index is 0.607. The lowest BCUT2D eigenvalue weighted by molar-refractivity contribution is 0.323. The lowest BCUT2D eigenvalue weighted by atomic mass is 10.1. The quantitative estimate of drug-likeness (QED) is 0.842. The SMILES string of the molecule is COc1cc(CNCc2cncn2C)cc(OC)c1OC. The molecule has 2 rings (SSSR count). The third kappa shape index (κ3) is 3.46. The van der Waals surface area contributed by atoms with Gasteiger partial charge in [0.05, 0.1) is 33.4 Å². The van der Waals surface area contributed by atoms with Crippen molar-refractivity contribution < 1.29 is 14.2 Å². The molecule has 114 valence electrons. The zero-order chi connectivity index (χ0) is 15.2. The number of hydrogen-bond donors (Lipinski definition) is 1. The van der Waals surface area contributed by atoms with Gasteiger partial charge in [-0.2, -0.15) is 0 Å². The van der Waals surface area contributed by atoms with Gasteiger partial charge in [-0.15, -0.1) is 0 Å². The molecule has 0 aliphatic heterocycles. The summed E-state index contributed by atoms with van der Waals surface area (Å²) in [5.74, 6) is 1.93. The standard InChI is InChI=1S/C15H21N3O3/c1-18-10-17-9-12(18)8-16-7-11-5-13(19-2)15(21-4)14(6-11)20-3/h5-6,9-10,16H,7-8H2,1-4H3. The van der Waals surface area contributed by atoms with Gasteiger partial charge >= 0.3 is 0 Å². The first-order chi connectivity index (χ1) is 10.2. The number of rotatable bonds is 7. The molecular weight excluding hydrogens is 270 g/mol. The van der Waals surface area contributed by atoms with Gasteiger partial charge in [0, 0.05) is 26.3 Å². The summed E-state index contributed by atoms with van der Waals surface area (Å²) in [7, 11) is 6.80. The lowest BCUT2D eigenvalue weighted by Gasteiger charge is -2.14. The summed E-state index contributed by atoms with van der Waals surface area (Å²) in [6.45, 7) is 1.44. The van der Waals surface area contributed by atoms with E-state index in [0.29, 0.717) is 23.8 Å². The van der Waals surface area contributed by atoms with E-state index in [1.807, 2.05) is 29.9 Å². The van der Waals surface area contributed by atoms with E-state index >= 15 is 0 Å². The summed E-state index contributed by atoms with van der Waals surface area (Å²) >= 11 is 0. The second-order valence-corrected chi connectivity index (χ2v) is 4.63. The summed E-state index contributed by atoms with van der Waals surface area (Å²) in [5.41, 5.74) is 2.19. The van der Waals surface area contributed by atoms with E-state index in [0.717, 1.165) is 17.8 Å². The predicted octanol–water partition coefficient (Wildman–Crippen LogP) is 1.74. The van der Waals surface area contributed by atoms with Crippen LogP contribution < -0.4 is 19.5 Å². The molecule has 1 aromatic heterocycles. The highest BCUT2D eigenvalue weighted by molar-refractivity contribution is 5.53. The van der Waals surface area contributed by atoms with Crippen molar-refractivity contribution in [2.75, 3.05) is 21.3 Å². The zero-order valence-electron chi connectivity index (χ0n) is 12.8. The molecule has 0 spiro atoms. The molecule has 0 unspecified atom stereocenters. The Hall–Kier alpha value is -2.21. The van der Waals surface area contributed by atoms with Gasteiger partial charge in [-0.3, -0.25) is 0 Å². The number of imidazole rings is 1. The van der Waals surface area contributed by atoms with Crippen LogP contribution in [0, 0.1) is 0 Å². The van der Waals surface area contributed by atoms with Crippen LogP contribution in [0.15, 0.2) is 24.7 Å². The van der Waals surface area contributed by atoms with Crippen molar-refractivity contribution >= 4 is 0 Å². The van der Waals surface area contributed by atoms with E-state index in [1.165, 1.54) is 0 Å². The fraction of sp³-hybridized carbons (Fsp3) is 0.400. The number of benzene rings is 1. The van der Waals surface area contributed by atoms with E-state index in [9.17, 15) is 0 Å². The third-order valence-electron chi connectivity index (χ3n) is 3.28. The Kier molecular flexibility index (Phi) is 5.05. The Bertz CT molecular complexity index is 571. The minimum Gasteiger partial charge on any atom is -0.493 e. The van der Waals surface area contributed by atoms with E-state index in [1.54, 1.807) is 27.7 Å². The first-order valence-electron chi connectivity index (χ1n) is 6.64. The average Bonchev–Trinajstić information content (AvgIpc) is 2.91. The molecule has 0 aliphatic rings. The Balaban J connectivity index is 2.08. The van der Waals surface area contributed by atoms with Crippen LogP contribution in [0.1, 0.15) is 11.3 Å². The Morgan fingerprint density at radius 1 is 1.05 bits per heavy atom. The van der Waals surface area contributed by atoms with Crippen LogP contribution in [0.4, 0.5) is 0 Å². The van der Waals surface area contributed by atoms with Crippen molar-refractivity contribution in [3.63, 3.8) is 0 Å². The summed E-state index contributed by atoms with van der Waals surface area (Å²) in [6.07, 6.45) is 3.64. The van der Waals surface area contributed by atoms with E-state index < -0.39 is 0 Å². The van der Waals surface area contributed by atoms with Crippen LogP contribution in [-0.2, 0) is 20.1 Å². The number of methoxy groups -OCH3 is 3. The van der Waals surface area contributed by atoms with E-state index in [4.69, 9.17) is 14.2 Å². The van der Waals surface area contributed by atoms with Crippen molar-refractivity contribution in [2.24, 2.45) is 7.05 Å². The molecule has 6 heteroatoms. The van der Waals surface area contributed by atoms with Gasteiger partial charge in [0.25, 0.3) is 0 Å². The molecule has 0 amide bonds. The fourth-order valence-corrected chi connectivity index (χ4v) is 2.13. The van der Waals surface area contributed by atoms with Crippen LogP contribution in [0.2, 0.25) is 0 Å². The second kappa shape index (κ2) is 6.99. The molecule has 1 heterocycles. The van der Waals surface area contributed by atoms with E-state index in [2.05, 4.69) is 10.3 Å². The maximum atomic E-state index is 5.34. The van der Waals surface area contributed by atoms with Gasteiger partial charge in [0.15, 0.2) is 11.5 Å². The number of aryl methyl sites for hydroxylation is 1. The molecule has 2 aromatic rings. The van der Waals surface area contributed by atoms with Gasteiger partial charge in [0.2, 0.25) is 5.75 Å². The summed E-state index contributed by atoms with van der Waals surface area (Å²) < 4.78 is 18.0. The molecule has 1 aromatic carbocycles. The Morgan fingerprint density at radius 2 is 1.71 bits per heavy atom. The molecule has 0 atom stereocenters. The van der Waals surface area contributed by atoms with Gasteiger partial charge in [-0.05, 0) is 17.7 Å². The smallest absolute Gasteiger partial charge is 0.203 e. The van der Waals surface area contributed by atoms with Gasteiger partial charge in [-0.1, -0.05) is 0 Å². The van der Waals surface area contributed by atoms with Gasteiger partial charge < -0.3 is 24.1 Å². The topological polar surface area (TPSA) is 57.5 Å². The summed E-state index contributed by atoms with van der Waals surface area (Å²) in [5, 5.41) is 3.37. The molecule has 6 nitrogen and oxygen atoms in total. The molecule has 0 radical (unpaired) electrons. The highest BCUT2D eigenvalue weighted by Gasteiger charge is 2.12. The fourth-order valence-electron chi connectivity index (χ4n) is 2.13. The zero-order valence-corrected chi connectivity index (χ0v) is 12.8. The number of aromatic nitrogens is 2. The molecule has 21 heavy (non-hydrogen) atoms. The molecule has 0 bridgehead atoms. The van der Waals surface area contributed by atoms with Crippen molar-refractivity contribution in [2.45, 2.75) is 13.1 Å². The van der Waals surface area contributed by atoms with Gasteiger partial charge in [0.1, 0.15) is 0 Å². The first kappa shape index (κ1) is 15.2. The number of ether oxygens (including phenoxy) is 3. The molecule has 0 fully saturated rings. The van der Waals surface area contributed by atoms with Crippen LogP contribution in [0.25, 0.3) is 0 Å². The molecule has 1 N–H and O–H groups in total. The van der Waals surface area contributed by atoms with E-state index in [-0.39, 0.29) is 0 Å². The molecule has 0 saturated carbocycles. The van der Waals surface area contributed by atoms with Crippen molar-refractivity contribution in [1.82, 2.24) is 14.9 Å². The lowest BCUT2D eigenvalue weighted by Crippen LogP contribution is -2.15. The third-order valence-corrected chi connectivity index (χ3v) is 3.28. The maximum Gasteiger partial charge on any atom is 0.203 e. The number of hydrogen-bond acceptors (Lipinski definition) is 5. The van der Waals surface area contributed by atoms with Crippen LogP contribution in [-0.4, -0.2) is 30.9 Å². The molecule has 0 saturated heterocycles. The number of nitrogens with zero attached hydrogens (tertiary/aromatic N) is 2. The summed E-state index contributed by atoms with van der Waals surface area (Å²) in [4.78, 5) is 4.09. The highest BCUT2D eigenvalue weighted by Crippen LogP contribution is 2.38. The van der Waals surface area contributed by atoms with Crippen molar-refractivity contribution in [3.8, 4) is 17.2 Å². The van der Waals surface area contributed by atoms with Gasteiger partial charge in [-0.25, -0.2) is 4.98 Å².